The SMILES string of the molecule is CNc1ccc(C(=O)Nc2nc3ccc(Cl)cc3s2)nn1. The van der Waals surface area contributed by atoms with Crippen LogP contribution in [0.25, 0.3) is 10.2 Å². The van der Waals surface area contributed by atoms with Gasteiger partial charge >= 0.3 is 0 Å². The van der Waals surface area contributed by atoms with Crippen LogP contribution in [0.2, 0.25) is 5.02 Å². The number of amides is 1. The lowest BCUT2D eigenvalue weighted by atomic mass is 10.3. The highest BCUT2D eigenvalue weighted by Gasteiger charge is 2.12. The van der Waals surface area contributed by atoms with Crippen molar-refractivity contribution in [2.75, 3.05) is 17.7 Å². The lowest BCUT2D eigenvalue weighted by Crippen LogP contribution is -2.14. The summed E-state index contributed by atoms with van der Waals surface area (Å²) in [5.41, 5.74) is 1.02. The van der Waals surface area contributed by atoms with Crippen molar-refractivity contribution >= 4 is 50.0 Å². The van der Waals surface area contributed by atoms with E-state index in [1.54, 1.807) is 25.2 Å². The summed E-state index contributed by atoms with van der Waals surface area (Å²) in [6.07, 6.45) is 0. The van der Waals surface area contributed by atoms with Crippen molar-refractivity contribution in [2.45, 2.75) is 0 Å². The first kappa shape index (κ1) is 13.7. The molecule has 0 fully saturated rings. The molecular formula is C13H10ClN5OS. The van der Waals surface area contributed by atoms with Crippen molar-refractivity contribution in [3.05, 3.63) is 41.0 Å². The average Bonchev–Trinajstić information content (AvgIpc) is 2.88. The first-order valence-electron chi connectivity index (χ1n) is 6.04. The van der Waals surface area contributed by atoms with Gasteiger partial charge < -0.3 is 5.32 Å². The lowest BCUT2D eigenvalue weighted by Gasteiger charge is -2.01. The average molecular weight is 320 g/mol. The van der Waals surface area contributed by atoms with Crippen molar-refractivity contribution < 1.29 is 4.79 Å². The van der Waals surface area contributed by atoms with Crippen LogP contribution in [0.3, 0.4) is 0 Å². The maximum Gasteiger partial charge on any atom is 0.277 e. The van der Waals surface area contributed by atoms with Gasteiger partial charge in [-0.15, -0.1) is 10.2 Å². The Morgan fingerprint density at radius 1 is 1.24 bits per heavy atom. The zero-order valence-electron chi connectivity index (χ0n) is 10.9. The number of hydrogen-bond acceptors (Lipinski definition) is 6. The predicted octanol–water partition coefficient (Wildman–Crippen LogP) is 3.03. The Balaban J connectivity index is 1.81. The predicted molar refractivity (Wildman–Crippen MR) is 84.2 cm³/mol. The Hall–Kier alpha value is -2.25. The number of aromatic nitrogens is 3. The van der Waals surface area contributed by atoms with E-state index in [4.69, 9.17) is 11.6 Å². The van der Waals surface area contributed by atoms with Crippen LogP contribution in [-0.2, 0) is 0 Å². The number of nitrogens with one attached hydrogen (secondary N) is 2. The zero-order chi connectivity index (χ0) is 14.8. The van der Waals surface area contributed by atoms with E-state index in [0.717, 1.165) is 10.2 Å². The molecule has 0 unspecified atom stereocenters. The van der Waals surface area contributed by atoms with Gasteiger partial charge in [-0.3, -0.25) is 10.1 Å². The second-order valence-electron chi connectivity index (χ2n) is 4.14. The lowest BCUT2D eigenvalue weighted by molar-refractivity contribution is 0.102. The largest absolute Gasteiger partial charge is 0.372 e. The molecule has 6 nitrogen and oxygen atoms in total. The summed E-state index contributed by atoms with van der Waals surface area (Å²) in [5, 5.41) is 14.4. The van der Waals surface area contributed by atoms with Crippen LogP contribution in [0.4, 0.5) is 10.9 Å². The van der Waals surface area contributed by atoms with Crippen molar-refractivity contribution in [2.24, 2.45) is 0 Å². The molecule has 2 aromatic heterocycles. The number of hydrogen-bond donors (Lipinski definition) is 2. The van der Waals surface area contributed by atoms with E-state index < -0.39 is 0 Å². The highest BCUT2D eigenvalue weighted by molar-refractivity contribution is 7.22. The molecule has 8 heteroatoms. The quantitative estimate of drug-likeness (QED) is 0.775. The Labute approximate surface area is 129 Å². The first-order chi connectivity index (χ1) is 10.2. The Bertz CT molecular complexity index is 802. The van der Waals surface area contributed by atoms with Crippen molar-refractivity contribution in [3.8, 4) is 0 Å². The Morgan fingerprint density at radius 3 is 2.81 bits per heavy atom. The van der Waals surface area contributed by atoms with Gasteiger partial charge in [-0.2, -0.15) is 0 Å². The van der Waals surface area contributed by atoms with Crippen LogP contribution >= 0.6 is 22.9 Å². The molecule has 2 heterocycles. The number of nitrogens with zero attached hydrogens (tertiary/aromatic N) is 3. The number of carbonyl (C=O) groups is 1. The highest BCUT2D eigenvalue weighted by atomic mass is 35.5. The molecule has 1 aromatic carbocycles. The molecule has 106 valence electrons. The maximum atomic E-state index is 12.1. The third-order valence-corrected chi connectivity index (χ3v) is 3.89. The molecule has 0 saturated carbocycles. The zero-order valence-corrected chi connectivity index (χ0v) is 12.5. The molecule has 2 N–H and O–H groups in total. The number of fused-ring (bicyclic) bond motifs is 1. The third-order valence-electron chi connectivity index (χ3n) is 2.72. The minimum Gasteiger partial charge on any atom is -0.372 e. The van der Waals surface area contributed by atoms with Gasteiger partial charge in [-0.25, -0.2) is 4.98 Å². The minimum absolute atomic E-state index is 0.228. The van der Waals surface area contributed by atoms with Crippen LogP contribution in [0.5, 0.6) is 0 Å². The molecule has 0 atom stereocenters. The number of benzene rings is 1. The Kier molecular flexibility index (Phi) is 3.68. The van der Waals surface area contributed by atoms with E-state index in [2.05, 4.69) is 25.8 Å². The fourth-order valence-corrected chi connectivity index (χ4v) is 2.84. The van der Waals surface area contributed by atoms with Crippen molar-refractivity contribution in [1.29, 1.82) is 0 Å². The van der Waals surface area contributed by atoms with Crippen molar-refractivity contribution in [1.82, 2.24) is 15.2 Å². The molecule has 1 amide bonds. The monoisotopic (exact) mass is 319 g/mol. The fraction of sp³-hybridized carbons (Fsp3) is 0.0769. The second kappa shape index (κ2) is 5.63. The van der Waals surface area contributed by atoms with Gasteiger partial charge in [0.05, 0.1) is 10.2 Å². The number of anilines is 2. The third kappa shape index (κ3) is 2.93. The van der Waals surface area contributed by atoms with E-state index in [1.165, 1.54) is 11.3 Å². The van der Waals surface area contributed by atoms with E-state index in [9.17, 15) is 4.79 Å². The van der Waals surface area contributed by atoms with E-state index >= 15 is 0 Å². The standard InChI is InChI=1S/C13H10ClN5OS/c1-15-11-5-4-9(18-19-11)12(20)17-13-16-8-3-2-7(14)6-10(8)21-13/h2-6H,1H3,(H,15,19)(H,16,17,20). The molecule has 0 radical (unpaired) electrons. The van der Waals surface area contributed by atoms with Gasteiger partial charge in [0.1, 0.15) is 5.82 Å². The van der Waals surface area contributed by atoms with Crippen LogP contribution in [0, 0.1) is 0 Å². The highest BCUT2D eigenvalue weighted by Crippen LogP contribution is 2.28. The second-order valence-corrected chi connectivity index (χ2v) is 5.61. The summed E-state index contributed by atoms with van der Waals surface area (Å²) in [7, 11) is 1.73. The number of rotatable bonds is 3. The first-order valence-corrected chi connectivity index (χ1v) is 7.24. The van der Waals surface area contributed by atoms with E-state index in [-0.39, 0.29) is 11.6 Å². The molecule has 0 aliphatic rings. The molecule has 0 spiro atoms. The molecule has 3 aromatic rings. The number of carbonyl (C=O) groups excluding carboxylic acids is 1. The minimum atomic E-state index is -0.352. The molecule has 0 saturated heterocycles. The summed E-state index contributed by atoms with van der Waals surface area (Å²) in [6.45, 7) is 0. The van der Waals surface area contributed by atoms with Crippen LogP contribution < -0.4 is 10.6 Å². The summed E-state index contributed by atoms with van der Waals surface area (Å²) in [4.78, 5) is 16.4. The van der Waals surface area contributed by atoms with Gasteiger partial charge in [0.2, 0.25) is 0 Å². The van der Waals surface area contributed by atoms with Crippen molar-refractivity contribution in [3.63, 3.8) is 0 Å². The summed E-state index contributed by atoms with van der Waals surface area (Å²) >= 11 is 7.28. The van der Waals surface area contributed by atoms with Gasteiger partial charge in [-0.05, 0) is 30.3 Å². The molecule has 3 rings (SSSR count). The molecule has 0 bridgehead atoms. The van der Waals surface area contributed by atoms with Crippen LogP contribution in [0.1, 0.15) is 10.5 Å². The number of thiazole rings is 1. The Morgan fingerprint density at radius 2 is 2.10 bits per heavy atom. The summed E-state index contributed by atoms with van der Waals surface area (Å²) in [5.74, 6) is 0.247. The van der Waals surface area contributed by atoms with Crippen LogP contribution in [0.15, 0.2) is 30.3 Å². The van der Waals surface area contributed by atoms with Gasteiger partial charge in [0.15, 0.2) is 10.8 Å². The van der Waals surface area contributed by atoms with E-state index in [0.29, 0.717) is 16.0 Å². The van der Waals surface area contributed by atoms with Gasteiger partial charge in [0, 0.05) is 12.1 Å². The van der Waals surface area contributed by atoms with Crippen LogP contribution in [-0.4, -0.2) is 28.1 Å². The molecular weight excluding hydrogens is 310 g/mol. The normalized spacial score (nSPS) is 10.6. The number of halogens is 1. The maximum absolute atomic E-state index is 12.1. The summed E-state index contributed by atoms with van der Waals surface area (Å²) in [6, 6.07) is 8.66. The fourth-order valence-electron chi connectivity index (χ4n) is 1.70. The molecule has 21 heavy (non-hydrogen) atoms. The van der Waals surface area contributed by atoms with E-state index in [1.807, 2.05) is 12.1 Å². The molecule has 0 aliphatic carbocycles. The smallest absolute Gasteiger partial charge is 0.277 e. The van der Waals surface area contributed by atoms with Gasteiger partial charge in [-0.1, -0.05) is 22.9 Å². The van der Waals surface area contributed by atoms with Gasteiger partial charge in [0.25, 0.3) is 5.91 Å². The molecule has 0 aliphatic heterocycles. The summed E-state index contributed by atoms with van der Waals surface area (Å²) < 4.78 is 0.911. The topological polar surface area (TPSA) is 79.8 Å².